The van der Waals surface area contributed by atoms with Gasteiger partial charge in [-0.05, 0) is 45.8 Å². The van der Waals surface area contributed by atoms with Crippen LogP contribution in [0.25, 0.3) is 0 Å². The Morgan fingerprint density at radius 1 is 1.50 bits per heavy atom. The second-order valence-electron chi connectivity index (χ2n) is 4.40. The van der Waals surface area contributed by atoms with Crippen molar-refractivity contribution in [3.8, 4) is 0 Å². The minimum absolute atomic E-state index is 0.0866. The molecule has 0 aromatic carbocycles. The van der Waals surface area contributed by atoms with Gasteiger partial charge in [-0.1, -0.05) is 0 Å². The van der Waals surface area contributed by atoms with E-state index in [1.165, 1.54) is 6.20 Å². The van der Waals surface area contributed by atoms with Gasteiger partial charge >= 0.3 is 5.82 Å². The molecule has 1 fully saturated rings. The second kappa shape index (κ2) is 5.19. The first-order valence-corrected chi connectivity index (χ1v) is 6.46. The molecule has 98 valence electrons. The fourth-order valence-corrected chi connectivity index (χ4v) is 2.55. The van der Waals surface area contributed by atoms with Crippen LogP contribution in [0.3, 0.4) is 0 Å². The average Bonchev–Trinajstić information content (AvgIpc) is 2.28. The molecule has 6 nitrogen and oxygen atoms in total. The molecule has 0 bridgehead atoms. The molecule has 0 amide bonds. The van der Waals surface area contributed by atoms with Crippen molar-refractivity contribution in [2.45, 2.75) is 25.9 Å². The lowest BCUT2D eigenvalue weighted by Gasteiger charge is -2.39. The van der Waals surface area contributed by atoms with Crippen LogP contribution in [0.1, 0.15) is 13.8 Å². The van der Waals surface area contributed by atoms with Gasteiger partial charge in [-0.15, -0.1) is 0 Å². The third-order valence-electron chi connectivity index (χ3n) is 2.93. The van der Waals surface area contributed by atoms with Crippen molar-refractivity contribution in [1.29, 1.82) is 0 Å². The zero-order valence-corrected chi connectivity index (χ0v) is 11.8. The first-order chi connectivity index (χ1) is 8.50. The van der Waals surface area contributed by atoms with E-state index in [-0.39, 0.29) is 17.9 Å². The van der Waals surface area contributed by atoms with Crippen LogP contribution in [0.15, 0.2) is 16.7 Å². The smallest absolute Gasteiger partial charge is 0.377 e. The lowest BCUT2D eigenvalue weighted by Crippen LogP contribution is -2.50. The molecule has 2 rings (SSSR count). The van der Waals surface area contributed by atoms with Crippen molar-refractivity contribution >= 4 is 27.4 Å². The third kappa shape index (κ3) is 2.46. The lowest BCUT2D eigenvalue weighted by atomic mass is 10.1. The normalized spacial score (nSPS) is 24.1. The molecule has 1 aliphatic rings. The highest BCUT2D eigenvalue weighted by Crippen LogP contribution is 2.33. The van der Waals surface area contributed by atoms with E-state index in [9.17, 15) is 10.1 Å². The average molecular weight is 316 g/mol. The van der Waals surface area contributed by atoms with E-state index < -0.39 is 4.92 Å². The number of nitrogens with zero attached hydrogens (tertiary/aromatic N) is 3. The minimum Gasteiger partial charge on any atom is -0.377 e. The summed E-state index contributed by atoms with van der Waals surface area (Å²) in [6, 6.07) is 1.91. The van der Waals surface area contributed by atoms with Crippen molar-refractivity contribution in [3.05, 3.63) is 26.9 Å². The summed E-state index contributed by atoms with van der Waals surface area (Å²) in [6.45, 7) is 5.10. The maximum absolute atomic E-state index is 11.1. The van der Waals surface area contributed by atoms with Gasteiger partial charge in [0.05, 0.1) is 29.8 Å². The molecule has 18 heavy (non-hydrogen) atoms. The Bertz CT molecular complexity index is 459. The number of aromatic nitrogens is 1. The number of ether oxygens (including phenoxy) is 1. The lowest BCUT2D eigenvalue weighted by molar-refractivity contribution is -0.388. The van der Waals surface area contributed by atoms with E-state index in [0.29, 0.717) is 18.9 Å². The van der Waals surface area contributed by atoms with Crippen molar-refractivity contribution in [1.82, 2.24) is 4.98 Å². The van der Waals surface area contributed by atoms with Crippen LogP contribution in [-0.2, 0) is 4.74 Å². The Morgan fingerprint density at radius 3 is 2.67 bits per heavy atom. The van der Waals surface area contributed by atoms with E-state index >= 15 is 0 Å². The van der Waals surface area contributed by atoms with Gasteiger partial charge in [0.2, 0.25) is 0 Å². The molecule has 1 saturated heterocycles. The van der Waals surface area contributed by atoms with E-state index in [1.54, 1.807) is 6.07 Å². The summed E-state index contributed by atoms with van der Waals surface area (Å²) >= 11 is 3.31. The van der Waals surface area contributed by atoms with Crippen LogP contribution >= 0.6 is 15.9 Å². The van der Waals surface area contributed by atoms with Gasteiger partial charge in [0.25, 0.3) is 0 Å². The van der Waals surface area contributed by atoms with Gasteiger partial charge in [0, 0.05) is 0 Å². The monoisotopic (exact) mass is 315 g/mol. The first kappa shape index (κ1) is 13.2. The van der Waals surface area contributed by atoms with Crippen LogP contribution in [0.4, 0.5) is 11.5 Å². The summed E-state index contributed by atoms with van der Waals surface area (Å²) in [7, 11) is 0. The molecule has 2 atom stereocenters. The van der Waals surface area contributed by atoms with Gasteiger partial charge < -0.3 is 19.8 Å². The molecule has 0 aliphatic carbocycles. The van der Waals surface area contributed by atoms with Crippen LogP contribution < -0.4 is 4.90 Å². The van der Waals surface area contributed by atoms with E-state index in [4.69, 9.17) is 4.74 Å². The maximum Gasteiger partial charge on any atom is 0.387 e. The number of nitro groups is 1. The van der Waals surface area contributed by atoms with Gasteiger partial charge in [-0.25, -0.2) is 0 Å². The van der Waals surface area contributed by atoms with Gasteiger partial charge in [-0.2, -0.15) is 0 Å². The van der Waals surface area contributed by atoms with Gasteiger partial charge in [-0.3, -0.25) is 0 Å². The Kier molecular flexibility index (Phi) is 3.82. The predicted octanol–water partition coefficient (Wildman–Crippen LogP) is 2.37. The second-order valence-corrected chi connectivity index (χ2v) is 5.31. The van der Waals surface area contributed by atoms with Gasteiger partial charge in [0.15, 0.2) is 6.20 Å². The Labute approximate surface area is 113 Å². The molecule has 0 radical (unpaired) electrons. The van der Waals surface area contributed by atoms with E-state index in [0.717, 1.165) is 4.47 Å². The van der Waals surface area contributed by atoms with Gasteiger partial charge in [0.1, 0.15) is 5.69 Å². The molecule has 1 aromatic heterocycles. The summed E-state index contributed by atoms with van der Waals surface area (Å²) in [5, 5.41) is 11.1. The molecule has 2 heterocycles. The topological polar surface area (TPSA) is 68.5 Å². The third-order valence-corrected chi connectivity index (χ3v) is 3.37. The minimum atomic E-state index is -0.448. The molecule has 0 unspecified atom stereocenters. The largest absolute Gasteiger partial charge is 0.387 e. The zero-order valence-electron chi connectivity index (χ0n) is 10.2. The fraction of sp³-hybridized carbons (Fsp3) is 0.545. The zero-order chi connectivity index (χ0) is 13.3. The molecule has 1 aliphatic heterocycles. The van der Waals surface area contributed by atoms with Crippen LogP contribution in [0.2, 0.25) is 0 Å². The standard InChI is InChI=1S/C11H14BrN3O3/c1-7-5-18-6-8(2)14(7)10-3-9(12)4-13-11(10)15(16)17/h3-4,7-8H,5-6H2,1-2H3/t7-,8-/m0/s1. The quantitative estimate of drug-likeness (QED) is 0.619. The number of hydrogen-bond donors (Lipinski definition) is 0. The highest BCUT2D eigenvalue weighted by molar-refractivity contribution is 9.10. The summed E-state index contributed by atoms with van der Waals surface area (Å²) in [6.07, 6.45) is 1.44. The predicted molar refractivity (Wildman–Crippen MR) is 70.8 cm³/mol. The number of halogens is 1. The number of pyridine rings is 1. The molecule has 0 N–H and O–H groups in total. The van der Waals surface area contributed by atoms with Crippen molar-refractivity contribution in [2.75, 3.05) is 18.1 Å². The molecule has 1 aromatic rings. The first-order valence-electron chi connectivity index (χ1n) is 5.66. The Balaban J connectivity index is 2.47. The number of rotatable bonds is 2. The van der Waals surface area contributed by atoms with Crippen LogP contribution in [-0.4, -0.2) is 35.2 Å². The van der Waals surface area contributed by atoms with Crippen molar-refractivity contribution in [3.63, 3.8) is 0 Å². The number of morpholine rings is 1. The van der Waals surface area contributed by atoms with Crippen LogP contribution in [0.5, 0.6) is 0 Å². The maximum atomic E-state index is 11.1. The molecule has 0 saturated carbocycles. The molecular weight excluding hydrogens is 302 g/mol. The molecule has 0 spiro atoms. The highest BCUT2D eigenvalue weighted by Gasteiger charge is 2.31. The summed E-state index contributed by atoms with van der Waals surface area (Å²) in [5.74, 6) is -0.112. The summed E-state index contributed by atoms with van der Waals surface area (Å²) in [5.41, 5.74) is 0.540. The Morgan fingerprint density at radius 2 is 2.11 bits per heavy atom. The van der Waals surface area contributed by atoms with Crippen molar-refractivity contribution in [2.24, 2.45) is 0 Å². The molecule has 7 heteroatoms. The Hall–Kier alpha value is -1.21. The SMILES string of the molecule is C[C@H]1COC[C@H](C)N1c1cc(Br)cnc1[N+](=O)[O-]. The van der Waals surface area contributed by atoms with E-state index in [1.807, 2.05) is 18.7 Å². The number of anilines is 1. The van der Waals surface area contributed by atoms with Crippen molar-refractivity contribution < 1.29 is 9.66 Å². The fourth-order valence-electron chi connectivity index (χ4n) is 2.23. The summed E-state index contributed by atoms with van der Waals surface area (Å²) in [4.78, 5) is 16.5. The summed E-state index contributed by atoms with van der Waals surface area (Å²) < 4.78 is 6.16. The van der Waals surface area contributed by atoms with E-state index in [2.05, 4.69) is 20.9 Å². The highest BCUT2D eigenvalue weighted by atomic mass is 79.9. The van der Waals surface area contributed by atoms with Crippen LogP contribution in [0, 0.1) is 10.1 Å². The number of hydrogen-bond acceptors (Lipinski definition) is 5. The molecular formula is C11H14BrN3O3.